The van der Waals surface area contributed by atoms with Crippen molar-refractivity contribution in [2.75, 3.05) is 13.1 Å². The van der Waals surface area contributed by atoms with Gasteiger partial charge in [0.1, 0.15) is 0 Å². The molecule has 3 rings (SSSR count). The molecule has 1 aromatic rings. The van der Waals surface area contributed by atoms with Gasteiger partial charge in [0, 0.05) is 24.6 Å². The molecule has 2 bridgehead atoms. The molecule has 0 radical (unpaired) electrons. The zero-order chi connectivity index (χ0) is 9.54. The number of hydrogen-bond acceptors (Lipinski definition) is 1. The Morgan fingerprint density at radius 3 is 3.07 bits per heavy atom. The van der Waals surface area contributed by atoms with Gasteiger partial charge in [0.25, 0.3) is 5.91 Å². The summed E-state index contributed by atoms with van der Waals surface area (Å²) in [4.78, 5) is 13.8. The van der Waals surface area contributed by atoms with Crippen LogP contribution in [0.15, 0.2) is 36.4 Å². The van der Waals surface area contributed by atoms with Crippen molar-refractivity contribution in [1.82, 2.24) is 4.90 Å². The summed E-state index contributed by atoms with van der Waals surface area (Å²) in [6.07, 6.45) is 4.30. The minimum atomic E-state index is 0.182. The third kappa shape index (κ3) is 0.939. The molecule has 1 amide bonds. The van der Waals surface area contributed by atoms with Gasteiger partial charge < -0.3 is 4.90 Å². The van der Waals surface area contributed by atoms with Gasteiger partial charge in [-0.15, -0.1) is 0 Å². The lowest BCUT2D eigenvalue weighted by Gasteiger charge is -2.35. The molecule has 0 fully saturated rings. The summed E-state index contributed by atoms with van der Waals surface area (Å²) < 4.78 is 0. The topological polar surface area (TPSA) is 20.3 Å². The quantitative estimate of drug-likeness (QED) is 0.564. The highest BCUT2D eigenvalue weighted by molar-refractivity contribution is 5.97. The second kappa shape index (κ2) is 2.71. The Morgan fingerprint density at radius 2 is 2.14 bits per heavy atom. The standard InChI is InChI=1S/C12H11NO/c14-12-11-6-2-1-5-10(11)9-4-3-7-13(12)8-9/h1-6,9H,7-8H2. The molecule has 2 nitrogen and oxygen atoms in total. The van der Waals surface area contributed by atoms with Crippen molar-refractivity contribution in [2.45, 2.75) is 5.92 Å². The summed E-state index contributed by atoms with van der Waals surface area (Å²) >= 11 is 0. The average Bonchev–Trinajstić information content (AvgIpc) is 2.27. The molecule has 0 saturated heterocycles. The maximum absolute atomic E-state index is 11.9. The van der Waals surface area contributed by atoms with Gasteiger partial charge in [-0.25, -0.2) is 0 Å². The fourth-order valence-electron chi connectivity index (χ4n) is 2.28. The van der Waals surface area contributed by atoms with Gasteiger partial charge in [0.15, 0.2) is 0 Å². The minimum absolute atomic E-state index is 0.182. The van der Waals surface area contributed by atoms with E-state index in [-0.39, 0.29) is 5.91 Å². The Labute approximate surface area is 82.8 Å². The summed E-state index contributed by atoms with van der Waals surface area (Å²) in [5.74, 6) is 0.596. The van der Waals surface area contributed by atoms with E-state index in [0.29, 0.717) is 5.92 Å². The maximum Gasteiger partial charge on any atom is 0.254 e. The summed E-state index contributed by atoms with van der Waals surface area (Å²) in [5.41, 5.74) is 2.07. The first-order valence-electron chi connectivity index (χ1n) is 4.91. The number of carbonyl (C=O) groups excluding carboxylic acids is 1. The molecule has 2 aliphatic heterocycles. The lowest BCUT2D eigenvalue weighted by Crippen LogP contribution is -2.41. The van der Waals surface area contributed by atoms with Crippen LogP contribution in [0.25, 0.3) is 0 Å². The van der Waals surface area contributed by atoms with Crippen LogP contribution >= 0.6 is 0 Å². The van der Waals surface area contributed by atoms with Gasteiger partial charge >= 0.3 is 0 Å². The van der Waals surface area contributed by atoms with Crippen molar-refractivity contribution in [3.8, 4) is 0 Å². The Hall–Kier alpha value is -1.57. The molecule has 0 N–H and O–H groups in total. The van der Waals surface area contributed by atoms with Crippen molar-refractivity contribution in [3.05, 3.63) is 47.5 Å². The van der Waals surface area contributed by atoms with Gasteiger partial charge in [0.2, 0.25) is 0 Å². The number of rotatable bonds is 0. The van der Waals surface area contributed by atoms with Crippen molar-refractivity contribution >= 4 is 5.91 Å². The number of fused-ring (bicyclic) bond motifs is 4. The fourth-order valence-corrected chi connectivity index (χ4v) is 2.28. The molecule has 2 heteroatoms. The van der Waals surface area contributed by atoms with Gasteiger partial charge in [0.05, 0.1) is 0 Å². The van der Waals surface area contributed by atoms with Crippen molar-refractivity contribution in [1.29, 1.82) is 0 Å². The molecular weight excluding hydrogens is 174 g/mol. The summed E-state index contributed by atoms with van der Waals surface area (Å²) in [5, 5.41) is 0. The van der Waals surface area contributed by atoms with Crippen LogP contribution in [-0.4, -0.2) is 23.9 Å². The molecule has 0 saturated carbocycles. The van der Waals surface area contributed by atoms with Gasteiger partial charge in [-0.05, 0) is 11.6 Å². The number of carbonyl (C=O) groups is 1. The predicted molar refractivity (Wildman–Crippen MR) is 54.2 cm³/mol. The number of hydrogen-bond donors (Lipinski definition) is 0. The van der Waals surface area contributed by atoms with Crippen molar-refractivity contribution < 1.29 is 4.79 Å². The highest BCUT2D eigenvalue weighted by Crippen LogP contribution is 2.31. The van der Waals surface area contributed by atoms with Crippen LogP contribution in [0.5, 0.6) is 0 Å². The van der Waals surface area contributed by atoms with Gasteiger partial charge in [-0.1, -0.05) is 30.4 Å². The Kier molecular flexibility index (Phi) is 1.51. The van der Waals surface area contributed by atoms with E-state index in [0.717, 1.165) is 18.7 Å². The molecule has 2 aliphatic rings. The Bertz CT molecular complexity index is 422. The molecule has 1 aromatic carbocycles. The normalized spacial score (nSPS) is 23.6. The Balaban J connectivity index is 2.21. The maximum atomic E-state index is 11.9. The monoisotopic (exact) mass is 185 g/mol. The second-order valence-corrected chi connectivity index (χ2v) is 3.83. The summed E-state index contributed by atoms with van der Waals surface area (Å²) in [6, 6.07) is 7.92. The number of benzene rings is 1. The van der Waals surface area contributed by atoms with E-state index >= 15 is 0 Å². The molecular formula is C12H11NO. The molecule has 0 aliphatic carbocycles. The molecule has 14 heavy (non-hydrogen) atoms. The molecule has 2 heterocycles. The predicted octanol–water partition coefficient (Wildman–Crippen LogP) is 1.80. The zero-order valence-electron chi connectivity index (χ0n) is 7.81. The smallest absolute Gasteiger partial charge is 0.254 e. The third-order valence-corrected chi connectivity index (χ3v) is 2.99. The van der Waals surface area contributed by atoms with E-state index in [4.69, 9.17) is 0 Å². The van der Waals surface area contributed by atoms with E-state index in [9.17, 15) is 4.79 Å². The molecule has 70 valence electrons. The summed E-state index contributed by atoms with van der Waals surface area (Å²) in [7, 11) is 0. The van der Waals surface area contributed by atoms with Crippen LogP contribution in [0.1, 0.15) is 21.8 Å². The van der Waals surface area contributed by atoms with Crippen LogP contribution < -0.4 is 0 Å². The van der Waals surface area contributed by atoms with Crippen LogP contribution in [0.4, 0.5) is 0 Å². The lowest BCUT2D eigenvalue weighted by atomic mass is 9.87. The second-order valence-electron chi connectivity index (χ2n) is 3.83. The van der Waals surface area contributed by atoms with Crippen LogP contribution in [-0.2, 0) is 0 Å². The van der Waals surface area contributed by atoms with Crippen molar-refractivity contribution in [3.63, 3.8) is 0 Å². The van der Waals surface area contributed by atoms with E-state index in [1.807, 2.05) is 23.1 Å². The highest BCUT2D eigenvalue weighted by Gasteiger charge is 2.30. The van der Waals surface area contributed by atoms with Crippen LogP contribution in [0, 0.1) is 0 Å². The Morgan fingerprint density at radius 1 is 1.29 bits per heavy atom. The van der Waals surface area contributed by atoms with E-state index in [1.54, 1.807) is 0 Å². The SMILES string of the molecule is O=C1c2ccccc2C2C=CCN1C2. The third-order valence-electron chi connectivity index (χ3n) is 2.99. The first-order valence-corrected chi connectivity index (χ1v) is 4.91. The van der Waals surface area contributed by atoms with E-state index < -0.39 is 0 Å². The first kappa shape index (κ1) is 7.80. The molecule has 0 aromatic heterocycles. The van der Waals surface area contributed by atoms with Crippen molar-refractivity contribution in [2.24, 2.45) is 0 Å². The lowest BCUT2D eigenvalue weighted by molar-refractivity contribution is 0.0742. The highest BCUT2D eigenvalue weighted by atomic mass is 16.2. The average molecular weight is 185 g/mol. The molecule has 1 atom stereocenters. The van der Waals surface area contributed by atoms with Gasteiger partial charge in [-0.3, -0.25) is 4.79 Å². The number of amides is 1. The fraction of sp³-hybridized carbons (Fsp3) is 0.250. The first-order chi connectivity index (χ1) is 6.86. The minimum Gasteiger partial charge on any atom is -0.334 e. The van der Waals surface area contributed by atoms with Crippen LogP contribution in [0.3, 0.4) is 0 Å². The number of nitrogens with zero attached hydrogens (tertiary/aromatic N) is 1. The van der Waals surface area contributed by atoms with E-state index in [2.05, 4.69) is 18.2 Å². The van der Waals surface area contributed by atoms with Crippen LogP contribution in [0.2, 0.25) is 0 Å². The molecule has 0 spiro atoms. The largest absolute Gasteiger partial charge is 0.334 e. The van der Waals surface area contributed by atoms with Gasteiger partial charge in [-0.2, -0.15) is 0 Å². The zero-order valence-corrected chi connectivity index (χ0v) is 7.81. The van der Waals surface area contributed by atoms with E-state index in [1.165, 1.54) is 5.56 Å². The molecule has 1 unspecified atom stereocenters. The summed E-state index contributed by atoms with van der Waals surface area (Å²) in [6.45, 7) is 1.62.